The first-order valence-corrected chi connectivity index (χ1v) is 6.92. The molecule has 0 radical (unpaired) electrons. The van der Waals surface area contributed by atoms with Crippen LogP contribution in [0.25, 0.3) is 0 Å². The molecule has 2 aromatic rings. The number of rotatable bonds is 2. The van der Waals surface area contributed by atoms with Crippen molar-refractivity contribution in [3.05, 3.63) is 53.1 Å². The molecular formula is C15H16F3N3O. The van der Waals surface area contributed by atoms with Gasteiger partial charge in [-0.25, -0.2) is 9.66 Å². The van der Waals surface area contributed by atoms with Gasteiger partial charge in [0, 0.05) is 13.5 Å². The summed E-state index contributed by atoms with van der Waals surface area (Å²) in [5.41, 5.74) is 0.766. The van der Waals surface area contributed by atoms with Gasteiger partial charge in [0.2, 0.25) is 0 Å². The van der Waals surface area contributed by atoms with Crippen LogP contribution < -0.4 is 5.01 Å². The molecule has 0 saturated heterocycles. The Bertz CT molecular complexity index is 696. The van der Waals surface area contributed by atoms with Crippen molar-refractivity contribution in [2.75, 3.05) is 12.1 Å². The zero-order valence-corrected chi connectivity index (χ0v) is 12.2. The molecule has 0 saturated carbocycles. The maximum Gasteiger partial charge on any atom is 0.435 e. The number of alkyl halides is 3. The van der Waals surface area contributed by atoms with E-state index in [0.29, 0.717) is 6.42 Å². The van der Waals surface area contributed by atoms with Gasteiger partial charge >= 0.3 is 6.18 Å². The minimum absolute atomic E-state index is 0.0637. The number of benzene rings is 1. The number of imidazole rings is 1. The molecule has 0 amide bonds. The molecule has 0 aliphatic heterocycles. The van der Waals surface area contributed by atoms with Gasteiger partial charge in [-0.1, -0.05) is 24.3 Å². The van der Waals surface area contributed by atoms with Crippen molar-refractivity contribution in [2.45, 2.75) is 31.7 Å². The first-order chi connectivity index (χ1) is 10.3. The van der Waals surface area contributed by atoms with E-state index in [1.807, 2.05) is 18.2 Å². The Morgan fingerprint density at radius 3 is 2.55 bits per heavy atom. The molecule has 1 aromatic heterocycles. The molecule has 2 atom stereocenters. The Hall–Kier alpha value is -2.02. The van der Waals surface area contributed by atoms with Gasteiger partial charge in [0.1, 0.15) is 6.33 Å². The van der Waals surface area contributed by atoms with Crippen molar-refractivity contribution >= 4 is 0 Å². The fourth-order valence-corrected chi connectivity index (χ4v) is 3.09. The second-order valence-electron chi connectivity index (χ2n) is 5.49. The lowest BCUT2D eigenvalue weighted by molar-refractivity contribution is -0.144. The number of hydrogen-bond donors (Lipinski definition) is 1. The van der Waals surface area contributed by atoms with E-state index < -0.39 is 18.0 Å². The number of hydrogen-bond acceptors (Lipinski definition) is 3. The van der Waals surface area contributed by atoms with Crippen molar-refractivity contribution in [3.63, 3.8) is 0 Å². The Labute approximate surface area is 125 Å². The summed E-state index contributed by atoms with van der Waals surface area (Å²) in [5, 5.41) is 11.6. The van der Waals surface area contributed by atoms with Gasteiger partial charge in [-0.15, -0.1) is 0 Å². The van der Waals surface area contributed by atoms with Crippen LogP contribution in [0.4, 0.5) is 13.2 Å². The third-order valence-corrected chi connectivity index (χ3v) is 4.15. The van der Waals surface area contributed by atoms with Crippen LogP contribution in [0.3, 0.4) is 0 Å². The summed E-state index contributed by atoms with van der Waals surface area (Å²) in [4.78, 5) is 3.79. The molecule has 7 heteroatoms. The molecule has 1 aromatic carbocycles. The largest absolute Gasteiger partial charge is 0.435 e. The Morgan fingerprint density at radius 2 is 1.91 bits per heavy atom. The number of aryl methyl sites for hydroxylation is 1. The van der Waals surface area contributed by atoms with E-state index in [1.54, 1.807) is 13.1 Å². The molecule has 0 fully saturated rings. The molecule has 118 valence electrons. The van der Waals surface area contributed by atoms with Crippen LogP contribution in [0.5, 0.6) is 0 Å². The number of aliphatic hydroxyl groups is 1. The SMILES string of the molecule is Cc1ncn(N(C)C2CC(O)c3ccccc32)c1C(F)(F)F. The van der Waals surface area contributed by atoms with E-state index in [2.05, 4.69) is 4.98 Å². The van der Waals surface area contributed by atoms with Gasteiger partial charge in [0.25, 0.3) is 0 Å². The summed E-state index contributed by atoms with van der Waals surface area (Å²) in [6.45, 7) is 1.34. The number of aromatic nitrogens is 2. The van der Waals surface area contributed by atoms with Crippen LogP contribution in [-0.4, -0.2) is 21.8 Å². The van der Waals surface area contributed by atoms with Crippen LogP contribution in [0.15, 0.2) is 30.6 Å². The molecule has 3 rings (SSSR count). The zero-order valence-electron chi connectivity index (χ0n) is 12.2. The Kier molecular flexibility index (Phi) is 3.40. The summed E-state index contributed by atoms with van der Waals surface area (Å²) in [7, 11) is 1.58. The van der Waals surface area contributed by atoms with Gasteiger partial charge < -0.3 is 10.1 Å². The van der Waals surface area contributed by atoms with Gasteiger partial charge in [0.15, 0.2) is 5.69 Å². The van der Waals surface area contributed by atoms with E-state index in [-0.39, 0.29) is 11.7 Å². The van der Waals surface area contributed by atoms with Crippen molar-refractivity contribution in [3.8, 4) is 0 Å². The molecular weight excluding hydrogens is 295 g/mol. The van der Waals surface area contributed by atoms with Gasteiger partial charge in [-0.2, -0.15) is 13.2 Å². The third kappa shape index (κ3) is 2.25. The average molecular weight is 311 g/mol. The van der Waals surface area contributed by atoms with Gasteiger partial charge in [-0.05, 0) is 18.1 Å². The van der Waals surface area contributed by atoms with E-state index >= 15 is 0 Å². The smallest absolute Gasteiger partial charge is 0.388 e. The molecule has 1 N–H and O–H groups in total. The summed E-state index contributed by atoms with van der Waals surface area (Å²) >= 11 is 0. The van der Waals surface area contributed by atoms with E-state index in [9.17, 15) is 18.3 Å². The fourth-order valence-electron chi connectivity index (χ4n) is 3.09. The summed E-state index contributed by atoms with van der Waals surface area (Å²) in [6.07, 6.45) is -3.62. The minimum Gasteiger partial charge on any atom is -0.388 e. The fraction of sp³-hybridized carbons (Fsp3) is 0.400. The highest BCUT2D eigenvalue weighted by Gasteiger charge is 2.40. The lowest BCUT2D eigenvalue weighted by Crippen LogP contribution is -2.36. The quantitative estimate of drug-likeness (QED) is 0.927. The molecule has 0 bridgehead atoms. The molecule has 4 nitrogen and oxygen atoms in total. The summed E-state index contributed by atoms with van der Waals surface area (Å²) < 4.78 is 40.7. The predicted molar refractivity (Wildman–Crippen MR) is 74.9 cm³/mol. The van der Waals surface area contributed by atoms with Gasteiger partial charge in [-0.3, -0.25) is 0 Å². The van der Waals surface area contributed by atoms with Crippen LogP contribution >= 0.6 is 0 Å². The topological polar surface area (TPSA) is 41.3 Å². The van der Waals surface area contributed by atoms with Crippen molar-refractivity contribution in [1.29, 1.82) is 0 Å². The van der Waals surface area contributed by atoms with Crippen molar-refractivity contribution in [2.24, 2.45) is 0 Å². The van der Waals surface area contributed by atoms with Crippen LogP contribution in [0.1, 0.15) is 41.1 Å². The highest BCUT2D eigenvalue weighted by Crippen LogP contribution is 2.42. The van der Waals surface area contributed by atoms with E-state index in [0.717, 1.165) is 15.8 Å². The van der Waals surface area contributed by atoms with Gasteiger partial charge in [0.05, 0.1) is 17.8 Å². The number of aliphatic hydroxyl groups excluding tert-OH is 1. The monoisotopic (exact) mass is 311 g/mol. The van der Waals surface area contributed by atoms with Crippen molar-refractivity contribution in [1.82, 2.24) is 9.66 Å². The highest BCUT2D eigenvalue weighted by molar-refractivity contribution is 5.39. The van der Waals surface area contributed by atoms with Crippen LogP contribution in [-0.2, 0) is 6.18 Å². The maximum atomic E-state index is 13.2. The van der Waals surface area contributed by atoms with E-state index in [4.69, 9.17) is 0 Å². The Morgan fingerprint density at radius 1 is 1.27 bits per heavy atom. The zero-order chi connectivity index (χ0) is 16.1. The molecule has 22 heavy (non-hydrogen) atoms. The second kappa shape index (κ2) is 5.01. The number of fused-ring (bicyclic) bond motifs is 1. The number of halogens is 3. The predicted octanol–water partition coefficient (Wildman–Crippen LogP) is 2.96. The standard InChI is InChI=1S/C15H16F3N3O/c1-9-14(15(16,17)18)21(8-19-9)20(2)12-7-13(22)11-6-4-3-5-10(11)12/h3-6,8,12-13,22H,7H2,1-2H3. The molecule has 1 aliphatic rings. The lowest BCUT2D eigenvalue weighted by Gasteiger charge is -2.30. The maximum absolute atomic E-state index is 13.2. The molecule has 1 heterocycles. The molecule has 0 spiro atoms. The van der Waals surface area contributed by atoms with E-state index in [1.165, 1.54) is 18.3 Å². The number of nitrogens with zero attached hydrogens (tertiary/aromatic N) is 3. The lowest BCUT2D eigenvalue weighted by atomic mass is 10.1. The average Bonchev–Trinajstić information content (AvgIpc) is 2.99. The first-order valence-electron chi connectivity index (χ1n) is 6.92. The van der Waals surface area contributed by atoms with Crippen molar-refractivity contribution < 1.29 is 18.3 Å². The highest BCUT2D eigenvalue weighted by atomic mass is 19.4. The normalized spacial score (nSPS) is 21.0. The molecule has 2 unspecified atom stereocenters. The summed E-state index contributed by atoms with van der Waals surface area (Å²) in [5.74, 6) is 0. The minimum atomic E-state index is -4.48. The second-order valence-corrected chi connectivity index (χ2v) is 5.49. The summed E-state index contributed by atoms with van der Waals surface area (Å²) in [6, 6.07) is 6.94. The van der Waals surface area contributed by atoms with Crippen LogP contribution in [0.2, 0.25) is 0 Å². The first kappa shape index (κ1) is 14.9. The third-order valence-electron chi connectivity index (χ3n) is 4.15. The Balaban J connectivity index is 2.02. The van der Waals surface area contributed by atoms with Crippen LogP contribution in [0, 0.1) is 6.92 Å². The molecule has 1 aliphatic carbocycles.